The number of hydrogen-bond donors (Lipinski definition) is 1. The lowest BCUT2D eigenvalue weighted by Gasteiger charge is -2.38. The molecule has 0 saturated carbocycles. The van der Waals surface area contributed by atoms with Gasteiger partial charge in [-0.1, -0.05) is 24.3 Å². The fraction of sp³-hybridized carbons (Fsp3) is 0.440. The van der Waals surface area contributed by atoms with Gasteiger partial charge in [-0.15, -0.1) is 0 Å². The molecule has 172 valence electrons. The van der Waals surface area contributed by atoms with Gasteiger partial charge in [-0.3, -0.25) is 15.0 Å². The van der Waals surface area contributed by atoms with Gasteiger partial charge in [-0.05, 0) is 56.3 Å². The summed E-state index contributed by atoms with van der Waals surface area (Å²) >= 11 is 0. The number of ether oxygens (including phenoxy) is 1. The first-order valence-electron chi connectivity index (χ1n) is 11.2. The molecule has 0 spiro atoms. The summed E-state index contributed by atoms with van der Waals surface area (Å²) in [5, 5.41) is 2.76. The van der Waals surface area contributed by atoms with Crippen LogP contribution in [0.25, 0.3) is 0 Å². The number of piperazine rings is 1. The lowest BCUT2D eigenvalue weighted by molar-refractivity contribution is 0.0773. The minimum absolute atomic E-state index is 0.0284. The number of benzene rings is 2. The molecule has 2 amide bonds. The molecule has 3 rings (SSSR count). The molecule has 1 N–H and O–H groups in total. The van der Waals surface area contributed by atoms with Crippen LogP contribution in [-0.4, -0.2) is 80.1 Å². The normalized spacial score (nSPS) is 15.8. The van der Waals surface area contributed by atoms with Crippen molar-refractivity contribution in [3.8, 4) is 0 Å². The van der Waals surface area contributed by atoms with Crippen LogP contribution in [0.1, 0.15) is 41.4 Å². The maximum absolute atomic E-state index is 12.7. The van der Waals surface area contributed by atoms with Crippen LogP contribution in [-0.2, 0) is 4.74 Å². The Morgan fingerprint density at radius 1 is 1.00 bits per heavy atom. The third-order valence-corrected chi connectivity index (χ3v) is 6.06. The Balaban J connectivity index is 1.93. The lowest BCUT2D eigenvalue weighted by Crippen LogP contribution is -2.46. The van der Waals surface area contributed by atoms with Crippen LogP contribution in [0, 0.1) is 0 Å². The van der Waals surface area contributed by atoms with Gasteiger partial charge in [0.2, 0.25) is 0 Å². The SMILES string of the molecule is CCN(CC)C(=O)c1ccc(C(c2cccc(NC(=O)OC)c2)N2CCN(C)CC2)cc1. The number of rotatable bonds is 7. The van der Waals surface area contributed by atoms with Crippen molar-refractivity contribution in [1.82, 2.24) is 14.7 Å². The van der Waals surface area contributed by atoms with Crippen LogP contribution < -0.4 is 5.32 Å². The zero-order valence-electron chi connectivity index (χ0n) is 19.5. The summed E-state index contributed by atoms with van der Waals surface area (Å²) in [6.45, 7) is 9.25. The Labute approximate surface area is 190 Å². The summed E-state index contributed by atoms with van der Waals surface area (Å²) in [7, 11) is 3.49. The van der Waals surface area contributed by atoms with E-state index in [1.54, 1.807) is 0 Å². The van der Waals surface area contributed by atoms with E-state index in [0.29, 0.717) is 24.3 Å². The van der Waals surface area contributed by atoms with E-state index in [2.05, 4.69) is 40.4 Å². The van der Waals surface area contributed by atoms with Crippen molar-refractivity contribution in [1.29, 1.82) is 0 Å². The predicted octanol–water partition coefficient (Wildman–Crippen LogP) is 3.68. The van der Waals surface area contributed by atoms with E-state index in [0.717, 1.165) is 37.3 Å². The highest BCUT2D eigenvalue weighted by Gasteiger charge is 2.26. The Hall–Kier alpha value is -2.90. The second-order valence-corrected chi connectivity index (χ2v) is 8.08. The molecule has 7 heteroatoms. The molecule has 7 nitrogen and oxygen atoms in total. The molecule has 32 heavy (non-hydrogen) atoms. The van der Waals surface area contributed by atoms with Crippen LogP contribution in [0.15, 0.2) is 48.5 Å². The fourth-order valence-corrected chi connectivity index (χ4v) is 4.15. The number of carbonyl (C=O) groups is 2. The van der Waals surface area contributed by atoms with Crippen LogP contribution in [0.3, 0.4) is 0 Å². The molecule has 1 fully saturated rings. The summed E-state index contributed by atoms with van der Waals surface area (Å²) in [6, 6.07) is 15.9. The number of nitrogens with zero attached hydrogens (tertiary/aromatic N) is 3. The minimum Gasteiger partial charge on any atom is -0.453 e. The van der Waals surface area contributed by atoms with E-state index in [1.807, 2.05) is 49.1 Å². The molecular formula is C25H34N4O3. The fourth-order valence-electron chi connectivity index (χ4n) is 4.15. The molecule has 2 aromatic carbocycles. The topological polar surface area (TPSA) is 65.1 Å². The molecule has 0 aromatic heterocycles. The Bertz CT molecular complexity index is 904. The van der Waals surface area contributed by atoms with Crippen LogP contribution >= 0.6 is 0 Å². The number of nitrogens with one attached hydrogen (secondary N) is 1. The van der Waals surface area contributed by atoms with Crippen molar-refractivity contribution in [2.24, 2.45) is 0 Å². The standard InChI is InChI=1S/C25H34N4O3/c1-5-28(6-2)24(30)20-12-10-19(11-13-20)23(29-16-14-27(3)15-17-29)21-8-7-9-22(18-21)26-25(31)32-4/h7-13,18,23H,5-6,14-17H2,1-4H3,(H,26,31). The zero-order valence-corrected chi connectivity index (χ0v) is 19.5. The molecule has 1 atom stereocenters. The quantitative estimate of drug-likeness (QED) is 0.714. The largest absolute Gasteiger partial charge is 0.453 e. The van der Waals surface area contributed by atoms with Gasteiger partial charge in [0.25, 0.3) is 5.91 Å². The highest BCUT2D eigenvalue weighted by atomic mass is 16.5. The Kier molecular flexibility index (Phi) is 8.25. The molecule has 0 radical (unpaired) electrons. The van der Waals surface area contributed by atoms with Crippen molar-refractivity contribution in [3.05, 3.63) is 65.2 Å². The van der Waals surface area contributed by atoms with Gasteiger partial charge >= 0.3 is 6.09 Å². The van der Waals surface area contributed by atoms with Gasteiger partial charge in [0.05, 0.1) is 13.2 Å². The number of likely N-dealkylation sites (N-methyl/N-ethyl adjacent to an activating group) is 1. The molecule has 1 saturated heterocycles. The van der Waals surface area contributed by atoms with Gasteiger partial charge in [0, 0.05) is 50.5 Å². The maximum atomic E-state index is 12.7. The maximum Gasteiger partial charge on any atom is 0.411 e. The minimum atomic E-state index is -0.488. The van der Waals surface area contributed by atoms with Crippen molar-refractivity contribution < 1.29 is 14.3 Å². The third kappa shape index (κ3) is 5.66. The number of methoxy groups -OCH3 is 1. The molecule has 1 aliphatic heterocycles. The van der Waals surface area contributed by atoms with E-state index in [4.69, 9.17) is 4.74 Å². The van der Waals surface area contributed by atoms with Crippen LogP contribution in [0.2, 0.25) is 0 Å². The predicted molar refractivity (Wildman–Crippen MR) is 127 cm³/mol. The first-order valence-corrected chi connectivity index (χ1v) is 11.2. The highest BCUT2D eigenvalue weighted by Crippen LogP contribution is 2.31. The Morgan fingerprint density at radius 2 is 1.66 bits per heavy atom. The summed E-state index contributed by atoms with van der Waals surface area (Å²) in [5.74, 6) is 0.0574. The molecule has 1 aliphatic rings. The van der Waals surface area contributed by atoms with Crippen molar-refractivity contribution >= 4 is 17.7 Å². The molecule has 1 unspecified atom stereocenters. The smallest absolute Gasteiger partial charge is 0.411 e. The van der Waals surface area contributed by atoms with Crippen LogP contribution in [0.5, 0.6) is 0 Å². The number of carbonyl (C=O) groups excluding carboxylic acids is 2. The van der Waals surface area contributed by atoms with Gasteiger partial charge < -0.3 is 14.5 Å². The first kappa shape index (κ1) is 23.8. The van der Waals surface area contributed by atoms with E-state index >= 15 is 0 Å². The second-order valence-electron chi connectivity index (χ2n) is 8.08. The number of amides is 2. The molecule has 1 heterocycles. The summed E-state index contributed by atoms with van der Waals surface area (Å²) in [5.41, 5.74) is 3.62. The van der Waals surface area contributed by atoms with Gasteiger partial charge in [-0.25, -0.2) is 4.79 Å². The zero-order chi connectivity index (χ0) is 23.1. The average molecular weight is 439 g/mol. The Morgan fingerprint density at radius 3 is 2.25 bits per heavy atom. The molecular weight excluding hydrogens is 404 g/mol. The summed E-state index contributed by atoms with van der Waals surface area (Å²) < 4.78 is 4.74. The highest BCUT2D eigenvalue weighted by molar-refractivity contribution is 5.94. The van der Waals surface area contributed by atoms with Gasteiger partial charge in [0.1, 0.15) is 0 Å². The van der Waals surface area contributed by atoms with Gasteiger partial charge in [-0.2, -0.15) is 0 Å². The molecule has 0 aliphatic carbocycles. The van der Waals surface area contributed by atoms with E-state index in [9.17, 15) is 9.59 Å². The third-order valence-electron chi connectivity index (χ3n) is 6.06. The first-order chi connectivity index (χ1) is 15.5. The number of hydrogen-bond acceptors (Lipinski definition) is 5. The lowest BCUT2D eigenvalue weighted by atomic mass is 9.95. The molecule has 2 aromatic rings. The van der Waals surface area contributed by atoms with Crippen molar-refractivity contribution in [2.75, 3.05) is 58.7 Å². The van der Waals surface area contributed by atoms with Crippen molar-refractivity contribution in [3.63, 3.8) is 0 Å². The molecule has 0 bridgehead atoms. The van der Waals surface area contributed by atoms with E-state index < -0.39 is 6.09 Å². The van der Waals surface area contributed by atoms with Gasteiger partial charge in [0.15, 0.2) is 0 Å². The van der Waals surface area contributed by atoms with E-state index in [-0.39, 0.29) is 11.9 Å². The van der Waals surface area contributed by atoms with Crippen LogP contribution in [0.4, 0.5) is 10.5 Å². The summed E-state index contributed by atoms with van der Waals surface area (Å²) in [6.07, 6.45) is -0.488. The average Bonchev–Trinajstić information content (AvgIpc) is 2.82. The number of anilines is 1. The summed E-state index contributed by atoms with van der Waals surface area (Å²) in [4.78, 5) is 31.0. The second kappa shape index (κ2) is 11.1. The monoisotopic (exact) mass is 438 g/mol. The van der Waals surface area contributed by atoms with E-state index in [1.165, 1.54) is 7.11 Å². The van der Waals surface area contributed by atoms with Crippen molar-refractivity contribution in [2.45, 2.75) is 19.9 Å².